The number of carbonyl (C=O) groups is 1. The number of aliphatic hydroxyl groups is 1. The molecule has 0 radical (unpaired) electrons. The monoisotopic (exact) mass is 481 g/mol. The average Bonchev–Trinajstić information content (AvgIpc) is 3.19. The van der Waals surface area contributed by atoms with Gasteiger partial charge in [-0.25, -0.2) is 14.4 Å². The van der Waals surface area contributed by atoms with Gasteiger partial charge in [0.05, 0.1) is 18.0 Å². The maximum Gasteiger partial charge on any atom is 0.224 e. The lowest BCUT2D eigenvalue weighted by atomic mass is 9.91. The Morgan fingerprint density at radius 3 is 2.46 bits per heavy atom. The predicted octanol–water partition coefficient (Wildman–Crippen LogP) is 4.04. The number of aromatic nitrogens is 4. The third-order valence-electron chi connectivity index (χ3n) is 7.05. The van der Waals surface area contributed by atoms with Crippen LogP contribution in [-0.4, -0.2) is 48.7 Å². The summed E-state index contributed by atoms with van der Waals surface area (Å²) in [5.41, 5.74) is 1.68. The molecule has 186 valence electrons. The number of para-hydroxylation sites is 1. The Hall–Kier alpha value is -3.27. The van der Waals surface area contributed by atoms with Crippen LogP contribution in [0, 0.1) is 5.82 Å². The number of rotatable bonds is 6. The molecule has 1 amide bonds. The van der Waals surface area contributed by atoms with Crippen molar-refractivity contribution in [3.63, 3.8) is 0 Å². The van der Waals surface area contributed by atoms with E-state index in [0.717, 1.165) is 51.4 Å². The summed E-state index contributed by atoms with van der Waals surface area (Å²) in [6.07, 6.45) is 8.15. The largest absolute Gasteiger partial charge is 0.393 e. The predicted molar refractivity (Wildman–Crippen MR) is 132 cm³/mol. The van der Waals surface area contributed by atoms with Crippen molar-refractivity contribution < 1.29 is 14.3 Å². The van der Waals surface area contributed by atoms with Gasteiger partial charge >= 0.3 is 0 Å². The Bertz CT molecular complexity index is 1180. The highest BCUT2D eigenvalue weighted by Crippen LogP contribution is 2.35. The van der Waals surface area contributed by atoms with Crippen LogP contribution in [0.2, 0.25) is 0 Å². The van der Waals surface area contributed by atoms with Crippen LogP contribution >= 0.6 is 0 Å². The van der Waals surface area contributed by atoms with Crippen molar-refractivity contribution in [2.45, 2.75) is 82.5 Å². The minimum atomic E-state index is -0.353. The van der Waals surface area contributed by atoms with Crippen LogP contribution in [0.15, 0.2) is 30.5 Å². The van der Waals surface area contributed by atoms with Crippen LogP contribution in [0.5, 0.6) is 0 Å². The van der Waals surface area contributed by atoms with Crippen molar-refractivity contribution in [1.29, 1.82) is 0 Å². The van der Waals surface area contributed by atoms with E-state index in [-0.39, 0.29) is 36.0 Å². The van der Waals surface area contributed by atoms with E-state index < -0.39 is 0 Å². The number of carbonyl (C=O) groups excluding carboxylic acids is 1. The summed E-state index contributed by atoms with van der Waals surface area (Å²) in [4.78, 5) is 25.5. The maximum absolute atomic E-state index is 14.4. The number of aliphatic hydroxyl groups excluding tert-OH is 1. The van der Waals surface area contributed by atoms with Gasteiger partial charge in [-0.15, -0.1) is 0 Å². The van der Waals surface area contributed by atoms with Gasteiger partial charge in [0.1, 0.15) is 11.3 Å². The summed E-state index contributed by atoms with van der Waals surface area (Å²) in [7, 11) is 0. The fourth-order valence-corrected chi connectivity index (χ4v) is 5.25. The molecular formula is C25H32FN7O2. The Labute approximate surface area is 203 Å². The Morgan fingerprint density at radius 1 is 1.03 bits per heavy atom. The molecule has 2 aliphatic rings. The molecule has 2 heterocycles. The zero-order valence-electron chi connectivity index (χ0n) is 19.9. The molecule has 4 N–H and O–H groups in total. The summed E-state index contributed by atoms with van der Waals surface area (Å²) in [6, 6.07) is 7.01. The number of imidazole rings is 1. The minimum absolute atomic E-state index is 0.0119. The quantitative estimate of drug-likeness (QED) is 0.420. The van der Waals surface area contributed by atoms with E-state index >= 15 is 0 Å². The number of anilines is 3. The summed E-state index contributed by atoms with van der Waals surface area (Å²) >= 11 is 0. The normalized spacial score (nSPS) is 24.8. The van der Waals surface area contributed by atoms with Crippen LogP contribution in [0.1, 0.15) is 64.3 Å². The molecule has 1 aromatic carbocycles. The van der Waals surface area contributed by atoms with E-state index in [4.69, 9.17) is 9.97 Å². The van der Waals surface area contributed by atoms with Crippen molar-refractivity contribution in [2.75, 3.05) is 10.6 Å². The standard InChI is InChI=1S/C25H32FN7O2/c1-15(34)28-16-6-10-18(11-7-16)33-23-22(31-25(33)30-21-5-3-2-4-20(21)26)14-27-24(32-23)29-17-8-12-19(35)13-9-17/h2-5,14,16-19,35H,6-13H2,1H3,(H,28,34)(H,30,31)(H,27,29,32)/t16-,17-,18-,19-. The van der Waals surface area contributed by atoms with E-state index in [9.17, 15) is 14.3 Å². The van der Waals surface area contributed by atoms with Crippen LogP contribution in [0.4, 0.5) is 22.0 Å². The highest BCUT2D eigenvalue weighted by Gasteiger charge is 2.28. The van der Waals surface area contributed by atoms with E-state index in [1.165, 1.54) is 6.07 Å². The first-order chi connectivity index (χ1) is 17.0. The van der Waals surface area contributed by atoms with Crippen LogP contribution in [-0.2, 0) is 4.79 Å². The molecule has 0 saturated heterocycles. The first kappa shape index (κ1) is 23.5. The summed E-state index contributed by atoms with van der Waals surface area (Å²) in [5, 5.41) is 19.4. The smallest absolute Gasteiger partial charge is 0.224 e. The van der Waals surface area contributed by atoms with Crippen LogP contribution in [0.3, 0.4) is 0 Å². The van der Waals surface area contributed by atoms with Gasteiger partial charge in [-0.2, -0.15) is 4.98 Å². The summed E-state index contributed by atoms with van der Waals surface area (Å²) in [6.45, 7) is 1.55. The third-order valence-corrected chi connectivity index (χ3v) is 7.05. The number of fused-ring (bicyclic) bond motifs is 1. The molecule has 0 bridgehead atoms. The number of benzene rings is 1. The molecule has 2 fully saturated rings. The Kier molecular flexibility index (Phi) is 6.81. The van der Waals surface area contributed by atoms with E-state index in [1.807, 2.05) is 0 Å². The molecule has 3 aromatic rings. The number of nitrogens with one attached hydrogen (secondary N) is 3. The molecule has 0 spiro atoms. The second kappa shape index (κ2) is 10.2. The van der Waals surface area contributed by atoms with Crippen LogP contribution < -0.4 is 16.0 Å². The van der Waals surface area contributed by atoms with Crippen molar-refractivity contribution in [3.8, 4) is 0 Å². The minimum Gasteiger partial charge on any atom is -0.393 e. The number of amides is 1. The first-order valence-electron chi connectivity index (χ1n) is 12.4. The van der Waals surface area contributed by atoms with Crippen LogP contribution in [0.25, 0.3) is 11.2 Å². The molecule has 35 heavy (non-hydrogen) atoms. The number of hydrogen-bond acceptors (Lipinski definition) is 7. The van der Waals surface area contributed by atoms with Crippen molar-refractivity contribution in [1.82, 2.24) is 24.8 Å². The fourth-order valence-electron chi connectivity index (χ4n) is 5.25. The molecule has 0 atom stereocenters. The molecule has 2 saturated carbocycles. The SMILES string of the molecule is CC(=O)N[C@H]1CC[C@H](n2c(Nc3ccccc3F)nc3cnc(N[C@H]4CC[C@H](O)CC4)nc32)CC1. The Morgan fingerprint density at radius 2 is 1.74 bits per heavy atom. The fraction of sp³-hybridized carbons (Fsp3) is 0.520. The van der Waals surface area contributed by atoms with Gasteiger partial charge in [-0.3, -0.25) is 9.36 Å². The van der Waals surface area contributed by atoms with Gasteiger partial charge in [-0.05, 0) is 63.5 Å². The summed E-state index contributed by atoms with van der Waals surface area (Å²) < 4.78 is 16.5. The highest BCUT2D eigenvalue weighted by molar-refractivity contribution is 5.77. The van der Waals surface area contributed by atoms with Crippen molar-refractivity contribution in [3.05, 3.63) is 36.3 Å². The number of halogens is 1. The van der Waals surface area contributed by atoms with Gasteiger partial charge < -0.3 is 21.1 Å². The zero-order valence-corrected chi connectivity index (χ0v) is 19.9. The van der Waals surface area contributed by atoms with E-state index in [0.29, 0.717) is 28.7 Å². The molecule has 2 aromatic heterocycles. The lowest BCUT2D eigenvalue weighted by Crippen LogP contribution is -2.36. The molecule has 10 heteroatoms. The Balaban J connectivity index is 1.45. The van der Waals surface area contributed by atoms with Gasteiger partial charge in [0.15, 0.2) is 5.65 Å². The van der Waals surface area contributed by atoms with E-state index in [2.05, 4.69) is 25.5 Å². The third kappa shape index (κ3) is 5.37. The van der Waals surface area contributed by atoms with Gasteiger partial charge in [0.2, 0.25) is 17.8 Å². The zero-order chi connectivity index (χ0) is 24.4. The molecule has 2 aliphatic carbocycles. The molecule has 9 nitrogen and oxygen atoms in total. The second-order valence-corrected chi connectivity index (χ2v) is 9.67. The second-order valence-electron chi connectivity index (χ2n) is 9.67. The van der Waals surface area contributed by atoms with Gasteiger partial charge in [0.25, 0.3) is 0 Å². The number of nitrogens with zero attached hydrogens (tertiary/aromatic N) is 4. The molecular weight excluding hydrogens is 449 g/mol. The lowest BCUT2D eigenvalue weighted by Gasteiger charge is -2.30. The van der Waals surface area contributed by atoms with E-state index in [1.54, 1.807) is 31.3 Å². The lowest BCUT2D eigenvalue weighted by molar-refractivity contribution is -0.119. The molecule has 5 rings (SSSR count). The maximum atomic E-state index is 14.4. The molecule has 0 unspecified atom stereocenters. The van der Waals surface area contributed by atoms with Gasteiger partial charge in [0, 0.05) is 25.0 Å². The molecule has 0 aliphatic heterocycles. The average molecular weight is 482 g/mol. The van der Waals surface area contributed by atoms with Crippen molar-refractivity contribution >= 4 is 34.7 Å². The topological polar surface area (TPSA) is 117 Å². The summed E-state index contributed by atoms with van der Waals surface area (Å²) in [5.74, 6) is 0.695. The number of hydrogen-bond donors (Lipinski definition) is 4. The van der Waals surface area contributed by atoms with Crippen molar-refractivity contribution in [2.24, 2.45) is 0 Å². The first-order valence-corrected chi connectivity index (χ1v) is 12.4. The van der Waals surface area contributed by atoms with Gasteiger partial charge in [-0.1, -0.05) is 12.1 Å². The highest BCUT2D eigenvalue weighted by atomic mass is 19.1.